The molecule has 0 saturated carbocycles. The molecule has 6 heterocycles. The van der Waals surface area contributed by atoms with Gasteiger partial charge >= 0.3 is 0 Å². The second-order valence-corrected chi connectivity index (χ2v) is 37.6. The van der Waals surface area contributed by atoms with E-state index in [0.717, 1.165) is 94.3 Å². The van der Waals surface area contributed by atoms with Crippen molar-refractivity contribution in [1.29, 1.82) is 0 Å². The summed E-state index contributed by atoms with van der Waals surface area (Å²) in [6.07, 6.45) is 0. The molecule has 0 bridgehead atoms. The number of furan rings is 3. The Labute approximate surface area is 813 Å². The maximum absolute atomic E-state index is 6.99. The highest BCUT2D eigenvalue weighted by Crippen LogP contribution is 2.56. The van der Waals surface area contributed by atoms with E-state index >= 15 is 0 Å². The van der Waals surface area contributed by atoms with Crippen LogP contribution in [0.5, 0.6) is 0 Å². The molecular formula is C136H81N3O3. The summed E-state index contributed by atoms with van der Waals surface area (Å²) in [5, 5.41) is 39.4. The number of rotatable bonds is 7. The Bertz CT molecular complexity index is 11000. The van der Waals surface area contributed by atoms with Gasteiger partial charge in [0, 0.05) is 114 Å². The minimum Gasteiger partial charge on any atom is -0.454 e. The van der Waals surface area contributed by atoms with Crippen molar-refractivity contribution in [2.75, 3.05) is 0 Å². The predicted octanol–water partition coefficient (Wildman–Crippen LogP) is 38.2. The van der Waals surface area contributed by atoms with Gasteiger partial charge in [-0.25, -0.2) is 0 Å². The summed E-state index contributed by atoms with van der Waals surface area (Å²) < 4.78 is 28.2. The fourth-order valence-corrected chi connectivity index (χ4v) is 24.3. The molecule has 26 aromatic carbocycles. The number of hydrogen-bond donors (Lipinski definition) is 0. The normalized spacial score (nSPS) is 12.1. The first-order chi connectivity index (χ1) is 70.5. The zero-order valence-corrected chi connectivity index (χ0v) is 76.8. The van der Waals surface area contributed by atoms with Gasteiger partial charge < -0.3 is 27.0 Å². The Hall–Kier alpha value is -18.9. The van der Waals surface area contributed by atoms with Crippen LogP contribution < -0.4 is 0 Å². The minimum absolute atomic E-state index is 0.900. The number of nitrogens with zero attached hydrogens (tertiary/aromatic N) is 3. The first-order valence-corrected chi connectivity index (χ1v) is 48.8. The highest BCUT2D eigenvalue weighted by Gasteiger charge is 2.32. The van der Waals surface area contributed by atoms with Crippen LogP contribution >= 0.6 is 0 Å². The Morgan fingerprint density at radius 2 is 0.366 bits per heavy atom. The van der Waals surface area contributed by atoms with Gasteiger partial charge in [-0.1, -0.05) is 419 Å². The van der Waals surface area contributed by atoms with Gasteiger partial charge in [-0.05, 0) is 187 Å². The number of para-hydroxylation sites is 6. The third-order valence-corrected chi connectivity index (χ3v) is 30.2. The molecule has 0 spiro atoms. The van der Waals surface area contributed by atoms with Gasteiger partial charge in [-0.2, -0.15) is 0 Å². The molecule has 0 N–H and O–H groups in total. The van der Waals surface area contributed by atoms with Crippen LogP contribution in [0.4, 0.5) is 0 Å². The summed E-state index contributed by atoms with van der Waals surface area (Å²) in [4.78, 5) is 0. The first-order valence-electron chi connectivity index (χ1n) is 48.8. The van der Waals surface area contributed by atoms with E-state index in [1.165, 1.54) is 206 Å². The van der Waals surface area contributed by atoms with Crippen molar-refractivity contribution in [3.05, 3.63) is 491 Å². The topological polar surface area (TPSA) is 54.2 Å². The van der Waals surface area contributed by atoms with Gasteiger partial charge in [0.1, 0.15) is 16.7 Å². The zero-order chi connectivity index (χ0) is 92.9. The number of fused-ring (bicyclic) bond motifs is 46. The monoisotopic (exact) mass is 1800 g/mol. The van der Waals surface area contributed by atoms with Gasteiger partial charge in [0.05, 0.1) is 38.8 Å². The lowest BCUT2D eigenvalue weighted by Gasteiger charge is -2.15. The molecule has 0 amide bonds. The highest BCUT2D eigenvalue weighted by molar-refractivity contribution is 6.48. The van der Waals surface area contributed by atoms with Crippen LogP contribution in [0, 0.1) is 0 Å². The highest BCUT2D eigenvalue weighted by atomic mass is 16.3. The van der Waals surface area contributed by atoms with Crippen LogP contribution in [0.15, 0.2) is 505 Å². The van der Waals surface area contributed by atoms with E-state index in [1.54, 1.807) is 0 Å². The van der Waals surface area contributed by atoms with Crippen LogP contribution in [0.25, 0.3) is 301 Å². The van der Waals surface area contributed by atoms with E-state index in [2.05, 4.69) is 505 Å². The lowest BCUT2D eigenvalue weighted by Crippen LogP contribution is -1.96. The smallest absolute Gasteiger partial charge is 0.160 e. The SMILES string of the molecule is c1ccc(-c2ccc(-c3cccc(-n4c5ccccc5c5c6c7ccccc7c7ccccc7c6c6c7ccccc7oc6c54)c3)cc2)cc1.c1ccc(-c2cccc(-c3cccc(-n4c5ccccc5c5c6c7ccccc7c7ccccc7c6c6c7ccccc7oc6c54)c3)c2)cc1.c1ccc2c(-n3c4ccccc4c4c5c6ccccc6c6ccccc6c5c5c6ccccc6oc5c43)cccc2c1. The van der Waals surface area contributed by atoms with Gasteiger partial charge in [0.15, 0.2) is 16.7 Å². The van der Waals surface area contributed by atoms with Crippen LogP contribution in [0.1, 0.15) is 0 Å². The molecule has 6 nitrogen and oxygen atoms in total. The van der Waals surface area contributed by atoms with Crippen molar-refractivity contribution >= 4 is 239 Å². The van der Waals surface area contributed by atoms with Crippen molar-refractivity contribution in [2.24, 2.45) is 0 Å². The minimum atomic E-state index is 0.900. The van der Waals surface area contributed by atoms with E-state index in [9.17, 15) is 0 Å². The Morgan fingerprint density at radius 3 is 0.746 bits per heavy atom. The molecule has 0 atom stereocenters. The zero-order valence-electron chi connectivity index (χ0n) is 76.8. The quantitative estimate of drug-likeness (QED) is 0.149. The summed E-state index contributed by atoms with van der Waals surface area (Å²) in [6, 6.07) is 177. The molecule has 6 aromatic heterocycles. The average Bonchev–Trinajstić information content (AvgIpc) is 1.51. The molecule has 0 radical (unpaired) electrons. The summed E-state index contributed by atoms with van der Waals surface area (Å²) in [5.74, 6) is 0. The van der Waals surface area contributed by atoms with Gasteiger partial charge in [-0.3, -0.25) is 0 Å². The summed E-state index contributed by atoms with van der Waals surface area (Å²) in [6.45, 7) is 0. The summed E-state index contributed by atoms with van der Waals surface area (Å²) in [5.41, 5.74) is 25.2. The number of hydrogen-bond acceptors (Lipinski definition) is 3. The summed E-state index contributed by atoms with van der Waals surface area (Å²) >= 11 is 0. The molecule has 0 saturated heterocycles. The molecule has 0 unspecified atom stereocenters. The van der Waals surface area contributed by atoms with E-state index in [4.69, 9.17) is 13.3 Å². The van der Waals surface area contributed by atoms with Crippen molar-refractivity contribution < 1.29 is 13.3 Å². The fraction of sp³-hybridized carbons (Fsp3) is 0. The molecule has 0 aliphatic carbocycles. The molecule has 32 rings (SSSR count). The van der Waals surface area contributed by atoms with E-state index in [-0.39, 0.29) is 0 Å². The number of aromatic nitrogens is 3. The maximum atomic E-state index is 6.99. The Morgan fingerprint density at radius 1 is 0.134 bits per heavy atom. The van der Waals surface area contributed by atoms with Gasteiger partial charge in [0.25, 0.3) is 0 Å². The molecule has 0 aliphatic heterocycles. The van der Waals surface area contributed by atoms with E-state index < -0.39 is 0 Å². The first kappa shape index (κ1) is 79.3. The lowest BCUT2D eigenvalue weighted by atomic mass is 9.89. The van der Waals surface area contributed by atoms with Crippen LogP contribution in [-0.4, -0.2) is 13.7 Å². The second kappa shape index (κ2) is 31.3. The lowest BCUT2D eigenvalue weighted by molar-refractivity contribution is 0.671. The van der Waals surface area contributed by atoms with Crippen molar-refractivity contribution in [3.8, 4) is 61.6 Å². The van der Waals surface area contributed by atoms with E-state index in [0.29, 0.717) is 0 Å². The standard InChI is InChI=1S/2C48H29NO.C40H23NO/c1-2-14-30(15-3-1)31-16-12-17-32(28-31)33-18-13-19-34(29-33)49-41-26-10-8-24-39(41)45-43-37-22-6-4-20-35(37)36-21-5-7-23-38(36)44(43)46-40-25-9-11-27-42(40)50-48(46)47(45)49;1-2-13-30(14-3-1)31-25-27-32(28-26-31)33-15-12-16-34(29-33)49-41-23-10-8-21-39(41)45-43-37-19-6-4-17-35(37)36-18-5-7-20-38(36)44(43)46-40-22-9-11-24-42(40)50-48(46)47(45)49;1-2-14-25-24(12-1)13-11-22-32(25)41-33-21-9-7-19-30(33)37-35-28-17-5-3-15-26(28)27-16-4-6-18-29(27)36(35)38-31-20-8-10-23-34(31)42-40(38)39(37)41/h2*1-29H;1-23H. The van der Waals surface area contributed by atoms with Crippen LogP contribution in [0.3, 0.4) is 0 Å². The molecule has 0 aliphatic rings. The van der Waals surface area contributed by atoms with Crippen molar-refractivity contribution in [3.63, 3.8) is 0 Å². The molecule has 6 heteroatoms. The molecule has 658 valence electrons. The third kappa shape index (κ3) is 11.7. The van der Waals surface area contributed by atoms with Gasteiger partial charge in [-0.15, -0.1) is 0 Å². The molecule has 0 fully saturated rings. The second-order valence-electron chi connectivity index (χ2n) is 37.6. The summed E-state index contributed by atoms with van der Waals surface area (Å²) in [7, 11) is 0. The maximum Gasteiger partial charge on any atom is 0.160 e. The fourth-order valence-electron chi connectivity index (χ4n) is 24.3. The van der Waals surface area contributed by atoms with Crippen molar-refractivity contribution in [2.45, 2.75) is 0 Å². The third-order valence-electron chi connectivity index (χ3n) is 30.2. The average molecular weight is 1810 g/mol. The predicted molar refractivity (Wildman–Crippen MR) is 601 cm³/mol. The Balaban J connectivity index is 0.000000100. The van der Waals surface area contributed by atoms with E-state index in [1.807, 2.05) is 0 Å². The Kier molecular flexibility index (Phi) is 17.5. The molecule has 32 aromatic rings. The molecular weight excluding hydrogens is 1720 g/mol. The van der Waals surface area contributed by atoms with Crippen LogP contribution in [-0.2, 0) is 0 Å². The van der Waals surface area contributed by atoms with Crippen LogP contribution in [0.2, 0.25) is 0 Å². The number of benzene rings is 26. The van der Waals surface area contributed by atoms with Gasteiger partial charge in [0.2, 0.25) is 0 Å². The molecule has 142 heavy (non-hydrogen) atoms. The largest absolute Gasteiger partial charge is 0.454 e. The van der Waals surface area contributed by atoms with Crippen molar-refractivity contribution in [1.82, 2.24) is 13.7 Å².